The summed E-state index contributed by atoms with van der Waals surface area (Å²) < 4.78 is 16.9. The van der Waals surface area contributed by atoms with Crippen molar-refractivity contribution in [2.75, 3.05) is 13.2 Å². The van der Waals surface area contributed by atoms with Gasteiger partial charge in [0.15, 0.2) is 6.10 Å². The van der Waals surface area contributed by atoms with Gasteiger partial charge in [0.1, 0.15) is 13.2 Å². The van der Waals surface area contributed by atoms with Crippen LogP contribution in [0.1, 0.15) is 323 Å². The summed E-state index contributed by atoms with van der Waals surface area (Å²) in [4.78, 5) is 38.4. The SMILES string of the molecule is CC/C=C\C/C=C\C/C=C\C/C=C\C/C=C\C/C=C\CCCCCCCCC(=O)OCC(COC(=O)CCCCCCC/C=C\CCCCCCCCC)OC(=O)CCCCCCCCCCC/C=C\CCCCCCCC. The fourth-order valence-corrected chi connectivity index (χ4v) is 9.32. The third kappa shape index (κ3) is 63.2. The normalized spacial score (nSPS) is 12.7. The molecule has 0 N–H and O–H groups in total. The van der Waals surface area contributed by atoms with Crippen molar-refractivity contribution in [1.29, 1.82) is 0 Å². The van der Waals surface area contributed by atoms with Crippen LogP contribution in [0.5, 0.6) is 0 Å². The average Bonchev–Trinajstić information content (AvgIpc) is 3.44. The lowest BCUT2D eigenvalue weighted by Crippen LogP contribution is -2.30. The van der Waals surface area contributed by atoms with Crippen LogP contribution in [0.2, 0.25) is 0 Å². The molecule has 0 bridgehead atoms. The van der Waals surface area contributed by atoms with Crippen LogP contribution in [0.15, 0.2) is 97.2 Å². The molecule has 0 fully saturated rings. The smallest absolute Gasteiger partial charge is 0.306 e. The van der Waals surface area contributed by atoms with Crippen LogP contribution in [0.25, 0.3) is 0 Å². The predicted octanol–water partition coefficient (Wildman–Crippen LogP) is 22.8. The molecular weight excluding hydrogens is 961 g/mol. The van der Waals surface area contributed by atoms with Crippen LogP contribution in [-0.4, -0.2) is 37.2 Å². The van der Waals surface area contributed by atoms with E-state index in [1.807, 2.05) is 0 Å². The standard InChI is InChI=1S/C72H124O6/c1-4-7-10-13-16-19-22-25-28-31-33-34-35-36-37-38-40-41-44-47-50-53-56-59-62-65-71(74)77-68-69(67-76-70(73)64-61-58-55-52-49-46-43-30-27-24-21-18-15-12-9-6-3)78-72(75)66-63-60-57-54-51-48-45-42-39-32-29-26-23-20-17-14-11-8-5-2/h7,10,16,19,25-26,28-30,33-34,36-37,40-41,43,69H,4-6,8-9,11-15,17-18,20-24,27,31-32,35,38-39,42,44-68H2,1-3H3/b10-7-,19-16-,28-25-,29-26-,34-33-,37-36-,41-40-,43-30-. The molecule has 0 saturated carbocycles. The van der Waals surface area contributed by atoms with Gasteiger partial charge in [-0.2, -0.15) is 0 Å². The Balaban J connectivity index is 4.40. The number of rotatable bonds is 60. The Bertz CT molecular complexity index is 1530. The second kappa shape index (κ2) is 65.8. The molecule has 0 heterocycles. The number of ether oxygens (including phenoxy) is 3. The molecule has 0 aliphatic heterocycles. The van der Waals surface area contributed by atoms with Gasteiger partial charge in [-0.1, -0.05) is 279 Å². The maximum absolute atomic E-state index is 12.9. The Hall–Kier alpha value is -3.67. The Kier molecular flexibility index (Phi) is 62.7. The molecule has 0 aliphatic rings. The second-order valence-electron chi connectivity index (χ2n) is 22.0. The largest absolute Gasteiger partial charge is 0.462 e. The number of carbonyl (C=O) groups excluding carboxylic acids is 3. The van der Waals surface area contributed by atoms with Crippen molar-refractivity contribution in [3.05, 3.63) is 97.2 Å². The first kappa shape index (κ1) is 74.3. The molecule has 0 aromatic rings. The maximum Gasteiger partial charge on any atom is 0.306 e. The highest BCUT2D eigenvalue weighted by Gasteiger charge is 2.19. The van der Waals surface area contributed by atoms with Crippen molar-refractivity contribution in [1.82, 2.24) is 0 Å². The molecule has 1 unspecified atom stereocenters. The van der Waals surface area contributed by atoms with Crippen molar-refractivity contribution >= 4 is 17.9 Å². The summed E-state index contributed by atoms with van der Waals surface area (Å²) in [6, 6.07) is 0. The Labute approximate surface area is 483 Å². The first-order valence-electron chi connectivity index (χ1n) is 33.2. The summed E-state index contributed by atoms with van der Waals surface area (Å²) in [5.74, 6) is -0.899. The molecule has 6 heteroatoms. The van der Waals surface area contributed by atoms with E-state index in [9.17, 15) is 14.4 Å². The molecule has 1 atom stereocenters. The quantitative estimate of drug-likeness (QED) is 0.0261. The fourth-order valence-electron chi connectivity index (χ4n) is 9.32. The Morgan fingerprint density at radius 2 is 0.500 bits per heavy atom. The number of hydrogen-bond donors (Lipinski definition) is 0. The molecule has 0 aromatic heterocycles. The minimum Gasteiger partial charge on any atom is -0.462 e. The third-order valence-corrected chi connectivity index (χ3v) is 14.3. The monoisotopic (exact) mass is 1080 g/mol. The van der Waals surface area contributed by atoms with Crippen LogP contribution in [-0.2, 0) is 28.6 Å². The fraction of sp³-hybridized carbons (Fsp3) is 0.736. The van der Waals surface area contributed by atoms with Gasteiger partial charge in [0.25, 0.3) is 0 Å². The van der Waals surface area contributed by atoms with Gasteiger partial charge in [-0.05, 0) is 122 Å². The number of esters is 3. The maximum atomic E-state index is 12.9. The Morgan fingerprint density at radius 1 is 0.269 bits per heavy atom. The third-order valence-electron chi connectivity index (χ3n) is 14.3. The molecule has 0 spiro atoms. The van der Waals surface area contributed by atoms with Crippen LogP contribution in [0.4, 0.5) is 0 Å². The first-order chi connectivity index (χ1) is 38.5. The minimum atomic E-state index is -0.791. The summed E-state index contributed by atoms with van der Waals surface area (Å²) in [5, 5.41) is 0. The topological polar surface area (TPSA) is 78.9 Å². The zero-order valence-electron chi connectivity index (χ0n) is 51.4. The van der Waals surface area contributed by atoms with Crippen molar-refractivity contribution in [2.24, 2.45) is 0 Å². The van der Waals surface area contributed by atoms with Gasteiger partial charge in [0.05, 0.1) is 0 Å². The van der Waals surface area contributed by atoms with Crippen LogP contribution in [0, 0.1) is 0 Å². The van der Waals surface area contributed by atoms with Gasteiger partial charge < -0.3 is 14.2 Å². The van der Waals surface area contributed by atoms with Crippen molar-refractivity contribution in [3.8, 4) is 0 Å². The number of allylic oxidation sites excluding steroid dienone is 16. The van der Waals surface area contributed by atoms with Gasteiger partial charge in [-0.25, -0.2) is 0 Å². The minimum absolute atomic E-state index is 0.0862. The van der Waals surface area contributed by atoms with Crippen molar-refractivity contribution < 1.29 is 28.6 Å². The van der Waals surface area contributed by atoms with E-state index >= 15 is 0 Å². The van der Waals surface area contributed by atoms with E-state index in [1.165, 1.54) is 167 Å². The number of hydrogen-bond acceptors (Lipinski definition) is 6. The van der Waals surface area contributed by atoms with Crippen LogP contribution < -0.4 is 0 Å². The van der Waals surface area contributed by atoms with Gasteiger partial charge in [0, 0.05) is 19.3 Å². The number of carbonyl (C=O) groups is 3. The van der Waals surface area contributed by atoms with E-state index in [0.717, 1.165) is 116 Å². The van der Waals surface area contributed by atoms with E-state index in [-0.39, 0.29) is 31.1 Å². The lowest BCUT2D eigenvalue weighted by Gasteiger charge is -2.18. The molecule has 448 valence electrons. The molecule has 0 saturated heterocycles. The van der Waals surface area contributed by atoms with Crippen molar-refractivity contribution in [2.45, 2.75) is 329 Å². The average molecular weight is 1090 g/mol. The Morgan fingerprint density at radius 3 is 0.795 bits per heavy atom. The molecule has 0 aliphatic carbocycles. The number of unbranched alkanes of at least 4 members (excludes halogenated alkanes) is 33. The van der Waals surface area contributed by atoms with E-state index in [4.69, 9.17) is 14.2 Å². The van der Waals surface area contributed by atoms with Gasteiger partial charge >= 0.3 is 17.9 Å². The van der Waals surface area contributed by atoms with E-state index in [1.54, 1.807) is 0 Å². The van der Waals surface area contributed by atoms with E-state index in [0.29, 0.717) is 19.3 Å². The lowest BCUT2D eigenvalue weighted by molar-refractivity contribution is -0.167. The molecule has 78 heavy (non-hydrogen) atoms. The second-order valence-corrected chi connectivity index (χ2v) is 22.0. The first-order valence-corrected chi connectivity index (χ1v) is 33.2. The lowest BCUT2D eigenvalue weighted by atomic mass is 10.1. The van der Waals surface area contributed by atoms with Gasteiger partial charge in [-0.3, -0.25) is 14.4 Å². The highest BCUT2D eigenvalue weighted by atomic mass is 16.6. The zero-order valence-corrected chi connectivity index (χ0v) is 51.4. The van der Waals surface area contributed by atoms with Gasteiger partial charge in [-0.15, -0.1) is 0 Å². The zero-order chi connectivity index (χ0) is 56.4. The molecule has 0 aromatic carbocycles. The summed E-state index contributed by atoms with van der Waals surface area (Å²) in [6.07, 6.45) is 88.4. The summed E-state index contributed by atoms with van der Waals surface area (Å²) in [6.45, 7) is 6.53. The van der Waals surface area contributed by atoms with Gasteiger partial charge in [0.2, 0.25) is 0 Å². The van der Waals surface area contributed by atoms with Crippen LogP contribution >= 0.6 is 0 Å². The summed E-state index contributed by atoms with van der Waals surface area (Å²) >= 11 is 0. The molecule has 0 rings (SSSR count). The van der Waals surface area contributed by atoms with Crippen LogP contribution in [0.3, 0.4) is 0 Å². The molecule has 0 radical (unpaired) electrons. The summed E-state index contributed by atoms with van der Waals surface area (Å²) in [7, 11) is 0. The van der Waals surface area contributed by atoms with Crippen molar-refractivity contribution in [3.63, 3.8) is 0 Å². The molecular formula is C72H124O6. The highest BCUT2D eigenvalue weighted by Crippen LogP contribution is 2.16. The molecule has 6 nitrogen and oxygen atoms in total. The highest BCUT2D eigenvalue weighted by molar-refractivity contribution is 5.71. The predicted molar refractivity (Wildman–Crippen MR) is 339 cm³/mol. The van der Waals surface area contributed by atoms with E-state index < -0.39 is 6.10 Å². The summed E-state index contributed by atoms with van der Waals surface area (Å²) in [5.41, 5.74) is 0. The molecule has 0 amide bonds. The van der Waals surface area contributed by atoms with E-state index in [2.05, 4.69) is 118 Å².